The zero-order valence-corrected chi connectivity index (χ0v) is 18.7. The van der Waals surface area contributed by atoms with Crippen molar-refractivity contribution in [1.29, 1.82) is 0 Å². The van der Waals surface area contributed by atoms with Gasteiger partial charge in [-0.15, -0.1) is 0 Å². The number of imidazole rings is 1. The van der Waals surface area contributed by atoms with Crippen molar-refractivity contribution in [3.8, 4) is 0 Å². The van der Waals surface area contributed by atoms with E-state index in [1.54, 1.807) is 13.1 Å². The Morgan fingerprint density at radius 1 is 1.03 bits per heavy atom. The Balaban J connectivity index is 1.80. The highest BCUT2D eigenvalue weighted by molar-refractivity contribution is 5.19. The summed E-state index contributed by atoms with van der Waals surface area (Å²) in [5, 5.41) is 21.5. The first kappa shape index (κ1) is 23.6. The Bertz CT molecular complexity index is 694. The van der Waals surface area contributed by atoms with Crippen LogP contribution in [0, 0.1) is 11.8 Å². The van der Waals surface area contributed by atoms with Crippen LogP contribution < -0.4 is 0 Å². The second-order valence-electron chi connectivity index (χ2n) is 9.35. The van der Waals surface area contributed by atoms with Crippen molar-refractivity contribution < 1.29 is 10.2 Å². The molecule has 0 aliphatic rings. The first-order chi connectivity index (χ1) is 13.8. The number of rotatable bonds is 13. The highest BCUT2D eigenvalue weighted by Crippen LogP contribution is 2.24. The van der Waals surface area contributed by atoms with Gasteiger partial charge in [-0.05, 0) is 30.7 Å². The number of hydrogen-bond acceptors (Lipinski definition) is 3. The average Bonchev–Trinajstić information content (AvgIpc) is 3.08. The molecule has 1 heterocycles. The van der Waals surface area contributed by atoms with Gasteiger partial charge in [-0.3, -0.25) is 0 Å². The molecule has 0 fully saturated rings. The van der Waals surface area contributed by atoms with Crippen LogP contribution in [-0.2, 0) is 13.0 Å². The number of benzene rings is 1. The predicted octanol–water partition coefficient (Wildman–Crippen LogP) is 5.22. The van der Waals surface area contributed by atoms with Crippen LogP contribution in [0.25, 0.3) is 0 Å². The summed E-state index contributed by atoms with van der Waals surface area (Å²) >= 11 is 0. The molecular formula is C25H40N2O2. The van der Waals surface area contributed by atoms with E-state index in [0.29, 0.717) is 18.9 Å². The van der Waals surface area contributed by atoms with Crippen molar-refractivity contribution in [2.24, 2.45) is 11.8 Å². The van der Waals surface area contributed by atoms with Crippen LogP contribution in [0.15, 0.2) is 42.7 Å². The monoisotopic (exact) mass is 400 g/mol. The van der Waals surface area contributed by atoms with Crippen molar-refractivity contribution in [2.45, 2.75) is 90.9 Å². The summed E-state index contributed by atoms with van der Waals surface area (Å²) in [6.07, 6.45) is 10.0. The van der Waals surface area contributed by atoms with Crippen molar-refractivity contribution in [2.75, 3.05) is 0 Å². The number of hydrogen-bond donors (Lipinski definition) is 2. The van der Waals surface area contributed by atoms with Crippen LogP contribution in [0.1, 0.15) is 77.6 Å². The Labute approximate surface area is 177 Å². The topological polar surface area (TPSA) is 58.3 Å². The molecule has 0 saturated carbocycles. The molecule has 0 aliphatic heterocycles. The average molecular weight is 401 g/mol. The summed E-state index contributed by atoms with van der Waals surface area (Å²) in [6, 6.07) is 10.2. The molecule has 0 aliphatic carbocycles. The Morgan fingerprint density at radius 3 is 2.41 bits per heavy atom. The molecule has 4 nitrogen and oxygen atoms in total. The molecule has 1 aromatic heterocycles. The lowest BCUT2D eigenvalue weighted by Gasteiger charge is -2.30. The summed E-state index contributed by atoms with van der Waals surface area (Å²) in [5.74, 6) is 2.35. The van der Waals surface area contributed by atoms with Gasteiger partial charge in [0.05, 0.1) is 12.1 Å². The highest BCUT2D eigenvalue weighted by Gasteiger charge is 2.30. The molecule has 0 radical (unpaired) electrons. The highest BCUT2D eigenvalue weighted by atomic mass is 16.3. The molecule has 0 saturated heterocycles. The minimum absolute atomic E-state index is 0.360. The third-order valence-electron chi connectivity index (χ3n) is 5.95. The fraction of sp³-hybridized carbons (Fsp3) is 0.640. The molecule has 0 bridgehead atoms. The number of aliphatic hydroxyl groups excluding tert-OH is 1. The van der Waals surface area contributed by atoms with Crippen LogP contribution in [0.2, 0.25) is 0 Å². The zero-order valence-electron chi connectivity index (χ0n) is 18.7. The first-order valence-corrected chi connectivity index (χ1v) is 11.2. The standard InChI is InChI=1S/C25H40N2O2/c1-20(2)10-8-11-21(3)12-9-15-25(4,29)23(28)19-27-17-16-26-24(27)18-22-13-6-5-7-14-22/h5-7,13-14,16-17,20-21,23,28-29H,8-12,15,18-19H2,1-4H3. The largest absolute Gasteiger partial charge is 0.388 e. The number of aliphatic hydroxyl groups is 2. The Kier molecular flexibility index (Phi) is 9.38. The summed E-state index contributed by atoms with van der Waals surface area (Å²) in [4.78, 5) is 4.44. The lowest BCUT2D eigenvalue weighted by molar-refractivity contribution is -0.0755. The van der Waals surface area contributed by atoms with E-state index in [-0.39, 0.29) is 0 Å². The molecule has 2 N–H and O–H groups in total. The van der Waals surface area contributed by atoms with Gasteiger partial charge in [0.1, 0.15) is 11.9 Å². The fourth-order valence-electron chi connectivity index (χ4n) is 3.83. The molecular weight excluding hydrogens is 360 g/mol. The molecule has 4 heteroatoms. The van der Waals surface area contributed by atoms with E-state index in [2.05, 4.69) is 37.9 Å². The minimum Gasteiger partial charge on any atom is -0.388 e. The second kappa shape index (κ2) is 11.5. The van der Waals surface area contributed by atoms with Crippen molar-refractivity contribution in [3.63, 3.8) is 0 Å². The molecule has 2 aromatic rings. The fourth-order valence-corrected chi connectivity index (χ4v) is 3.83. The van der Waals surface area contributed by atoms with Crippen molar-refractivity contribution >= 4 is 0 Å². The summed E-state index contributed by atoms with van der Waals surface area (Å²) in [5.41, 5.74) is 0.0963. The van der Waals surface area contributed by atoms with Crippen LogP contribution in [0.3, 0.4) is 0 Å². The van der Waals surface area contributed by atoms with Crippen molar-refractivity contribution in [3.05, 3.63) is 54.1 Å². The molecule has 3 atom stereocenters. The van der Waals surface area contributed by atoms with Gasteiger partial charge in [-0.25, -0.2) is 4.98 Å². The van der Waals surface area contributed by atoms with Crippen molar-refractivity contribution in [1.82, 2.24) is 9.55 Å². The van der Waals surface area contributed by atoms with Gasteiger partial charge in [0.15, 0.2) is 0 Å². The van der Waals surface area contributed by atoms with Crippen LogP contribution in [-0.4, -0.2) is 31.5 Å². The molecule has 2 rings (SSSR count). The van der Waals surface area contributed by atoms with Crippen LogP contribution >= 0.6 is 0 Å². The van der Waals surface area contributed by atoms with Crippen LogP contribution in [0.4, 0.5) is 0 Å². The molecule has 1 aromatic carbocycles. The second-order valence-corrected chi connectivity index (χ2v) is 9.35. The normalized spacial score (nSPS) is 16.0. The Hall–Kier alpha value is -1.65. The predicted molar refractivity (Wildman–Crippen MR) is 120 cm³/mol. The van der Waals surface area contributed by atoms with Gasteiger partial charge < -0.3 is 14.8 Å². The van der Waals surface area contributed by atoms with E-state index in [9.17, 15) is 10.2 Å². The first-order valence-electron chi connectivity index (χ1n) is 11.2. The van der Waals surface area contributed by atoms with E-state index in [0.717, 1.165) is 31.0 Å². The molecule has 3 unspecified atom stereocenters. The maximum Gasteiger partial charge on any atom is 0.113 e. The molecule has 0 amide bonds. The Morgan fingerprint density at radius 2 is 1.72 bits per heavy atom. The minimum atomic E-state index is -1.09. The maximum atomic E-state index is 10.8. The van der Waals surface area contributed by atoms with Gasteiger partial charge in [0.25, 0.3) is 0 Å². The van der Waals surface area contributed by atoms with Gasteiger partial charge in [0, 0.05) is 18.8 Å². The van der Waals surface area contributed by atoms with Crippen LogP contribution in [0.5, 0.6) is 0 Å². The zero-order chi connectivity index (χ0) is 21.3. The third-order valence-corrected chi connectivity index (χ3v) is 5.95. The molecule has 29 heavy (non-hydrogen) atoms. The lowest BCUT2D eigenvalue weighted by Crippen LogP contribution is -2.42. The van der Waals surface area contributed by atoms with E-state index >= 15 is 0 Å². The van der Waals surface area contributed by atoms with E-state index < -0.39 is 11.7 Å². The van der Waals surface area contributed by atoms with E-state index in [1.807, 2.05) is 29.0 Å². The lowest BCUT2D eigenvalue weighted by atomic mass is 9.89. The van der Waals surface area contributed by atoms with Gasteiger partial charge in [-0.1, -0.05) is 83.2 Å². The van der Waals surface area contributed by atoms with Gasteiger partial charge >= 0.3 is 0 Å². The number of aromatic nitrogens is 2. The van der Waals surface area contributed by atoms with E-state index in [4.69, 9.17) is 0 Å². The number of nitrogens with zero attached hydrogens (tertiary/aromatic N) is 2. The van der Waals surface area contributed by atoms with Gasteiger partial charge in [0.2, 0.25) is 0 Å². The third kappa shape index (κ3) is 8.31. The van der Waals surface area contributed by atoms with Gasteiger partial charge in [-0.2, -0.15) is 0 Å². The van der Waals surface area contributed by atoms with E-state index in [1.165, 1.54) is 24.8 Å². The molecule has 0 spiro atoms. The molecule has 162 valence electrons. The summed E-state index contributed by atoms with van der Waals surface area (Å²) < 4.78 is 1.96. The summed E-state index contributed by atoms with van der Waals surface area (Å²) in [7, 11) is 0. The SMILES string of the molecule is CC(C)CCCC(C)CCCC(C)(O)C(O)Cn1ccnc1Cc1ccccc1. The summed E-state index contributed by atoms with van der Waals surface area (Å²) in [6.45, 7) is 8.96. The smallest absolute Gasteiger partial charge is 0.113 e. The quantitative estimate of drug-likeness (QED) is 0.485. The maximum absolute atomic E-state index is 10.8.